The first-order valence-corrected chi connectivity index (χ1v) is 6.31. The molecule has 1 aromatic carbocycles. The number of hydrogen-bond acceptors (Lipinski definition) is 2. The van der Waals surface area contributed by atoms with Gasteiger partial charge in [-0.2, -0.15) is 0 Å². The molecule has 1 saturated carbocycles. The van der Waals surface area contributed by atoms with Crippen LogP contribution in [-0.4, -0.2) is 23.9 Å². The number of hydrogen-bond donors (Lipinski definition) is 1. The van der Waals surface area contributed by atoms with Crippen molar-refractivity contribution >= 4 is 5.91 Å². The molecule has 0 unspecified atom stereocenters. The lowest BCUT2D eigenvalue weighted by Crippen LogP contribution is -2.39. The van der Waals surface area contributed by atoms with Crippen molar-refractivity contribution in [1.29, 1.82) is 0 Å². The minimum absolute atomic E-state index is 0.0469. The van der Waals surface area contributed by atoms with Gasteiger partial charge in [0.25, 0.3) is 0 Å². The first-order chi connectivity index (χ1) is 8.22. The van der Waals surface area contributed by atoms with Crippen molar-refractivity contribution in [3.8, 4) is 0 Å². The molecule has 1 fully saturated rings. The lowest BCUT2D eigenvalue weighted by atomic mass is 10.1. The first kappa shape index (κ1) is 12.1. The number of amides is 1. The second-order valence-electron chi connectivity index (χ2n) is 4.71. The minimum atomic E-state index is -0.519. The standard InChI is InChI=1S/C14H20N2O/c1-2-16(10-11-8-9-11)14(17)13(15)12-6-4-3-5-7-12/h3-7,11,13H,2,8-10,15H2,1H3/t13-/m1/s1. The Morgan fingerprint density at radius 3 is 2.59 bits per heavy atom. The van der Waals surface area contributed by atoms with Crippen molar-refractivity contribution < 1.29 is 4.79 Å². The summed E-state index contributed by atoms with van der Waals surface area (Å²) in [5.74, 6) is 0.757. The van der Waals surface area contributed by atoms with E-state index in [1.54, 1.807) is 0 Å². The van der Waals surface area contributed by atoms with Crippen LogP contribution in [0.2, 0.25) is 0 Å². The molecule has 1 aromatic rings. The Morgan fingerprint density at radius 1 is 1.41 bits per heavy atom. The Balaban J connectivity index is 2.01. The molecule has 2 N–H and O–H groups in total. The van der Waals surface area contributed by atoms with Crippen molar-refractivity contribution in [1.82, 2.24) is 4.90 Å². The van der Waals surface area contributed by atoms with Gasteiger partial charge in [0.1, 0.15) is 6.04 Å². The van der Waals surface area contributed by atoms with Gasteiger partial charge in [-0.25, -0.2) is 0 Å². The van der Waals surface area contributed by atoms with E-state index in [-0.39, 0.29) is 5.91 Å². The van der Waals surface area contributed by atoms with Gasteiger partial charge >= 0.3 is 0 Å². The number of likely N-dealkylation sites (N-methyl/N-ethyl adjacent to an activating group) is 1. The Bertz CT molecular complexity index is 373. The molecule has 1 atom stereocenters. The molecule has 0 spiro atoms. The molecule has 0 heterocycles. The van der Waals surface area contributed by atoms with E-state index in [1.807, 2.05) is 42.2 Å². The predicted molar refractivity (Wildman–Crippen MR) is 68.3 cm³/mol. The Hall–Kier alpha value is -1.35. The normalized spacial score (nSPS) is 16.6. The molecule has 2 rings (SSSR count). The highest BCUT2D eigenvalue weighted by atomic mass is 16.2. The minimum Gasteiger partial charge on any atom is -0.341 e. The quantitative estimate of drug-likeness (QED) is 0.843. The van der Waals surface area contributed by atoms with E-state index in [9.17, 15) is 4.79 Å². The Labute approximate surface area is 103 Å². The maximum Gasteiger partial charge on any atom is 0.244 e. The zero-order valence-electron chi connectivity index (χ0n) is 10.3. The fraction of sp³-hybridized carbons (Fsp3) is 0.500. The van der Waals surface area contributed by atoms with E-state index in [0.717, 1.165) is 18.7 Å². The molecule has 0 bridgehead atoms. The molecular weight excluding hydrogens is 212 g/mol. The van der Waals surface area contributed by atoms with E-state index in [0.29, 0.717) is 5.92 Å². The van der Waals surface area contributed by atoms with Crippen LogP contribution in [0, 0.1) is 5.92 Å². The summed E-state index contributed by atoms with van der Waals surface area (Å²) in [7, 11) is 0. The second-order valence-corrected chi connectivity index (χ2v) is 4.71. The van der Waals surface area contributed by atoms with Gasteiger partial charge in [0.05, 0.1) is 0 Å². The summed E-state index contributed by atoms with van der Waals surface area (Å²) >= 11 is 0. The van der Waals surface area contributed by atoms with Crippen molar-refractivity contribution in [2.24, 2.45) is 11.7 Å². The van der Waals surface area contributed by atoms with Crippen LogP contribution >= 0.6 is 0 Å². The van der Waals surface area contributed by atoms with Crippen LogP contribution in [0.3, 0.4) is 0 Å². The Morgan fingerprint density at radius 2 is 2.06 bits per heavy atom. The van der Waals surface area contributed by atoms with Crippen molar-refractivity contribution in [2.45, 2.75) is 25.8 Å². The zero-order valence-corrected chi connectivity index (χ0v) is 10.3. The van der Waals surface area contributed by atoms with Crippen molar-refractivity contribution in [3.63, 3.8) is 0 Å². The molecule has 0 aliphatic heterocycles. The second kappa shape index (κ2) is 5.32. The maximum atomic E-state index is 12.2. The van der Waals surface area contributed by atoms with Gasteiger partial charge in [0.15, 0.2) is 0 Å². The summed E-state index contributed by atoms with van der Waals surface area (Å²) in [5.41, 5.74) is 6.92. The number of carbonyl (C=O) groups is 1. The van der Waals surface area contributed by atoms with Crippen molar-refractivity contribution in [2.75, 3.05) is 13.1 Å². The molecule has 3 nitrogen and oxygen atoms in total. The van der Waals surface area contributed by atoms with E-state index in [1.165, 1.54) is 12.8 Å². The highest BCUT2D eigenvalue weighted by Crippen LogP contribution is 2.30. The number of nitrogens with two attached hydrogens (primary N) is 1. The van der Waals surface area contributed by atoms with Crippen molar-refractivity contribution in [3.05, 3.63) is 35.9 Å². The monoisotopic (exact) mass is 232 g/mol. The average molecular weight is 232 g/mol. The fourth-order valence-corrected chi connectivity index (χ4v) is 1.99. The van der Waals surface area contributed by atoms with Crippen LogP contribution in [0.15, 0.2) is 30.3 Å². The summed E-state index contributed by atoms with van der Waals surface area (Å²) in [5, 5.41) is 0. The molecule has 1 aliphatic carbocycles. The summed E-state index contributed by atoms with van der Waals surface area (Å²) in [4.78, 5) is 14.1. The van der Waals surface area contributed by atoms with E-state index in [4.69, 9.17) is 5.73 Å². The fourth-order valence-electron chi connectivity index (χ4n) is 1.99. The van der Waals surface area contributed by atoms with Gasteiger partial charge in [-0.3, -0.25) is 4.79 Å². The largest absolute Gasteiger partial charge is 0.341 e. The van der Waals surface area contributed by atoms with Gasteiger partial charge in [-0.1, -0.05) is 30.3 Å². The molecule has 1 amide bonds. The number of benzene rings is 1. The summed E-state index contributed by atoms with van der Waals surface area (Å²) < 4.78 is 0. The predicted octanol–water partition coefficient (Wildman–Crippen LogP) is 1.94. The molecular formula is C14H20N2O. The summed E-state index contributed by atoms with van der Waals surface area (Å²) in [6, 6.07) is 9.07. The van der Waals surface area contributed by atoms with Crippen LogP contribution < -0.4 is 5.73 Å². The van der Waals surface area contributed by atoms with E-state index in [2.05, 4.69) is 0 Å². The molecule has 92 valence electrons. The number of carbonyl (C=O) groups excluding carboxylic acids is 1. The molecule has 1 aliphatic rings. The van der Waals surface area contributed by atoms with Gasteiger partial charge < -0.3 is 10.6 Å². The smallest absolute Gasteiger partial charge is 0.244 e. The average Bonchev–Trinajstić information content (AvgIpc) is 3.19. The van der Waals surface area contributed by atoms with Gasteiger partial charge in [-0.05, 0) is 31.2 Å². The number of rotatable bonds is 5. The molecule has 0 saturated heterocycles. The third-order valence-corrected chi connectivity index (χ3v) is 3.29. The number of nitrogens with zero attached hydrogens (tertiary/aromatic N) is 1. The van der Waals surface area contributed by atoms with E-state index < -0.39 is 6.04 Å². The van der Waals surface area contributed by atoms with Crippen LogP contribution in [0.25, 0.3) is 0 Å². The summed E-state index contributed by atoms with van der Waals surface area (Å²) in [6.07, 6.45) is 2.51. The maximum absolute atomic E-state index is 12.2. The first-order valence-electron chi connectivity index (χ1n) is 6.31. The lowest BCUT2D eigenvalue weighted by molar-refractivity contribution is -0.132. The lowest BCUT2D eigenvalue weighted by Gasteiger charge is -2.24. The summed E-state index contributed by atoms with van der Waals surface area (Å²) in [6.45, 7) is 3.63. The van der Waals surface area contributed by atoms with Crippen LogP contribution in [0.1, 0.15) is 31.4 Å². The van der Waals surface area contributed by atoms with Gasteiger partial charge in [0, 0.05) is 13.1 Å². The molecule has 0 aromatic heterocycles. The van der Waals surface area contributed by atoms with Gasteiger partial charge in [-0.15, -0.1) is 0 Å². The highest BCUT2D eigenvalue weighted by Gasteiger charge is 2.28. The van der Waals surface area contributed by atoms with Crippen LogP contribution in [0.5, 0.6) is 0 Å². The highest BCUT2D eigenvalue weighted by molar-refractivity contribution is 5.83. The van der Waals surface area contributed by atoms with E-state index >= 15 is 0 Å². The SMILES string of the molecule is CCN(CC1CC1)C(=O)[C@H](N)c1ccccc1. The topological polar surface area (TPSA) is 46.3 Å². The third-order valence-electron chi connectivity index (χ3n) is 3.29. The molecule has 3 heteroatoms. The molecule has 17 heavy (non-hydrogen) atoms. The molecule has 0 radical (unpaired) electrons. The van der Waals surface area contributed by atoms with Crippen LogP contribution in [0.4, 0.5) is 0 Å². The third kappa shape index (κ3) is 3.07. The Kier molecular flexibility index (Phi) is 3.79. The van der Waals surface area contributed by atoms with Gasteiger partial charge in [0.2, 0.25) is 5.91 Å². The van der Waals surface area contributed by atoms with Crippen LogP contribution in [-0.2, 0) is 4.79 Å². The zero-order chi connectivity index (χ0) is 12.3.